The zero-order chi connectivity index (χ0) is 33.4. The van der Waals surface area contributed by atoms with Gasteiger partial charge in [0.15, 0.2) is 0 Å². The minimum Gasteiger partial charge on any atom is -0.494 e. The molecule has 10 nitrogen and oxygen atoms in total. The summed E-state index contributed by atoms with van der Waals surface area (Å²) in [6.45, 7) is 7.44. The lowest BCUT2D eigenvalue weighted by Crippen LogP contribution is -2.37. The van der Waals surface area contributed by atoms with Crippen molar-refractivity contribution in [2.24, 2.45) is 0 Å². The van der Waals surface area contributed by atoms with Gasteiger partial charge in [-0.1, -0.05) is 53.7 Å². The van der Waals surface area contributed by atoms with Crippen LogP contribution in [0.4, 0.5) is 0 Å². The number of hydrogen-bond donors (Lipinski definition) is 0. The molecule has 1 unspecified atom stereocenters. The molecule has 0 saturated heterocycles. The van der Waals surface area contributed by atoms with Gasteiger partial charge in [-0.2, -0.15) is 12.7 Å². The predicted octanol–water partition coefficient (Wildman–Crippen LogP) is 6.61. The van der Waals surface area contributed by atoms with E-state index in [9.17, 15) is 13.2 Å². The Balaban J connectivity index is 1.42. The fourth-order valence-electron chi connectivity index (χ4n) is 6.69. The third-order valence-corrected chi connectivity index (χ3v) is 10.5. The van der Waals surface area contributed by atoms with Crippen LogP contribution in [-0.2, 0) is 39.5 Å². The van der Waals surface area contributed by atoms with E-state index in [2.05, 4.69) is 23.4 Å². The molecule has 1 aromatic heterocycles. The number of benzene rings is 4. The second-order valence-electron chi connectivity index (χ2n) is 12.4. The van der Waals surface area contributed by atoms with Gasteiger partial charge in [-0.05, 0) is 91.3 Å². The summed E-state index contributed by atoms with van der Waals surface area (Å²) in [5, 5.41) is 9.31. The third kappa shape index (κ3) is 6.15. The molecule has 5 aromatic rings. The standard InChI is InChI=1S/C37H38N4O6S/c1-4-45-35(42)21-32-27-13-12-24(2)28(18-27)22-40-23-29-19-30(14-15-34(29)47-48(40,43)44)46-17-9-8-16-41-37-33(26-10-6-5-7-11-26)20-31(32)25(3)36(37)38-39-41/h5-7,10-15,18-20,32H,4,8-9,16-17,21-23H2,1-3H3/t32-/m1/s1. The van der Waals surface area contributed by atoms with E-state index in [1.165, 1.54) is 4.31 Å². The molecule has 3 aliphatic heterocycles. The lowest BCUT2D eigenvalue weighted by molar-refractivity contribution is -0.143. The third-order valence-electron chi connectivity index (χ3n) is 9.26. The first-order valence-corrected chi connectivity index (χ1v) is 17.7. The highest BCUT2D eigenvalue weighted by atomic mass is 32.2. The van der Waals surface area contributed by atoms with E-state index in [4.69, 9.17) is 18.8 Å². The van der Waals surface area contributed by atoms with Gasteiger partial charge in [0.1, 0.15) is 17.0 Å². The number of aromatic nitrogens is 3. The Morgan fingerprint density at radius 1 is 0.979 bits per heavy atom. The smallest absolute Gasteiger partial charge is 0.385 e. The highest BCUT2D eigenvalue weighted by Crippen LogP contribution is 2.40. The van der Waals surface area contributed by atoms with Crippen LogP contribution in [0.3, 0.4) is 0 Å². The number of esters is 1. The van der Waals surface area contributed by atoms with E-state index in [0.717, 1.165) is 68.4 Å². The van der Waals surface area contributed by atoms with E-state index >= 15 is 0 Å². The quantitative estimate of drug-likeness (QED) is 0.197. The van der Waals surface area contributed by atoms with Gasteiger partial charge < -0.3 is 13.7 Å². The maximum absolute atomic E-state index is 13.3. The van der Waals surface area contributed by atoms with E-state index in [0.29, 0.717) is 24.7 Å². The average molecular weight is 667 g/mol. The summed E-state index contributed by atoms with van der Waals surface area (Å²) in [4.78, 5) is 13.2. The molecule has 4 heterocycles. The van der Waals surface area contributed by atoms with E-state index < -0.39 is 10.3 Å². The van der Waals surface area contributed by atoms with Crippen LogP contribution >= 0.6 is 0 Å². The maximum Gasteiger partial charge on any atom is 0.385 e. The number of aryl methyl sites for hydroxylation is 3. The van der Waals surface area contributed by atoms with Crippen molar-refractivity contribution in [3.05, 3.63) is 106 Å². The van der Waals surface area contributed by atoms with Crippen molar-refractivity contribution < 1.29 is 26.9 Å². The van der Waals surface area contributed by atoms with Crippen LogP contribution in [0.5, 0.6) is 11.5 Å². The molecule has 0 amide bonds. The number of carbonyl (C=O) groups excluding carboxylic acids is 1. The van der Waals surface area contributed by atoms with Gasteiger partial charge in [0.05, 0.1) is 25.2 Å². The molecule has 2 atom stereocenters. The van der Waals surface area contributed by atoms with E-state index in [1.54, 1.807) is 19.1 Å². The molecule has 0 N–H and O–H groups in total. The van der Waals surface area contributed by atoms with Crippen molar-refractivity contribution >= 4 is 27.3 Å². The van der Waals surface area contributed by atoms with Crippen LogP contribution < -0.4 is 8.92 Å². The molecule has 9 bridgehead atoms. The Morgan fingerprint density at radius 3 is 2.60 bits per heavy atom. The van der Waals surface area contributed by atoms with Gasteiger partial charge in [0.25, 0.3) is 0 Å². The number of ether oxygens (including phenoxy) is 2. The molecule has 0 radical (unpaired) electrons. The van der Waals surface area contributed by atoms with Crippen LogP contribution in [0.1, 0.15) is 65.5 Å². The minimum absolute atomic E-state index is 0.0975. The average Bonchev–Trinajstić information content (AvgIpc) is 3.50. The largest absolute Gasteiger partial charge is 0.494 e. The van der Waals surface area contributed by atoms with Gasteiger partial charge in [-0.15, -0.1) is 5.10 Å². The summed E-state index contributed by atoms with van der Waals surface area (Å²) >= 11 is 0. The van der Waals surface area contributed by atoms with Crippen molar-refractivity contribution in [2.75, 3.05) is 13.2 Å². The first-order valence-electron chi connectivity index (χ1n) is 16.3. The molecule has 0 fully saturated rings. The van der Waals surface area contributed by atoms with Gasteiger partial charge in [-0.25, -0.2) is 4.68 Å². The fourth-order valence-corrected chi connectivity index (χ4v) is 7.78. The van der Waals surface area contributed by atoms with Gasteiger partial charge >= 0.3 is 16.3 Å². The lowest BCUT2D eigenvalue weighted by atomic mass is 9.82. The Bertz CT molecular complexity index is 2110. The van der Waals surface area contributed by atoms with Crippen molar-refractivity contribution in [1.29, 1.82) is 0 Å². The molecule has 48 heavy (non-hydrogen) atoms. The van der Waals surface area contributed by atoms with Crippen LogP contribution in [0.15, 0.2) is 72.8 Å². The summed E-state index contributed by atoms with van der Waals surface area (Å²) < 4.78 is 47.1. The fraction of sp³-hybridized carbons (Fsp3) is 0.324. The molecule has 0 aliphatic carbocycles. The minimum atomic E-state index is -4.05. The Labute approximate surface area is 280 Å². The Hall–Kier alpha value is -4.74. The molecule has 248 valence electrons. The highest BCUT2D eigenvalue weighted by Gasteiger charge is 2.33. The highest BCUT2D eigenvalue weighted by molar-refractivity contribution is 7.84. The number of nitrogens with zero attached hydrogens (tertiary/aromatic N) is 4. The second kappa shape index (κ2) is 13.0. The molecule has 11 heteroatoms. The molecule has 0 saturated carbocycles. The van der Waals surface area contributed by atoms with Crippen molar-refractivity contribution in [2.45, 2.75) is 65.6 Å². The summed E-state index contributed by atoms with van der Waals surface area (Å²) in [5.41, 5.74) is 8.94. The molecular weight excluding hydrogens is 628 g/mol. The lowest BCUT2D eigenvalue weighted by Gasteiger charge is -2.29. The van der Waals surface area contributed by atoms with Crippen LogP contribution in [0.25, 0.3) is 22.2 Å². The molecule has 4 aromatic carbocycles. The number of hydrogen-bond acceptors (Lipinski definition) is 8. The Kier molecular flexibility index (Phi) is 8.65. The SMILES string of the molecule is CCOC(=O)C[C@@H]1c2ccc(C)c(c2)CN2Cc3cc(ccc3OS2(=O)=O)OCCCCn2nnc3c(C)c1cc(-c1ccccc1)c32. The molecule has 8 rings (SSSR count). The number of rotatable bonds is 4. The summed E-state index contributed by atoms with van der Waals surface area (Å²) in [6, 6.07) is 23.6. The number of fused-ring (bicyclic) bond motifs is 5. The predicted molar refractivity (Wildman–Crippen MR) is 182 cm³/mol. The van der Waals surface area contributed by atoms with Crippen molar-refractivity contribution in [1.82, 2.24) is 19.3 Å². The normalized spacial score (nSPS) is 18.7. The summed E-state index contributed by atoms with van der Waals surface area (Å²) in [5.74, 6) is 0.265. The van der Waals surface area contributed by atoms with Crippen LogP contribution in [-0.4, -0.2) is 46.9 Å². The zero-order valence-electron chi connectivity index (χ0n) is 27.3. The van der Waals surface area contributed by atoms with Crippen molar-refractivity contribution in [3.8, 4) is 22.6 Å². The zero-order valence-corrected chi connectivity index (χ0v) is 28.1. The first kappa shape index (κ1) is 31.8. The number of carbonyl (C=O) groups is 1. The van der Waals surface area contributed by atoms with Crippen molar-refractivity contribution in [3.63, 3.8) is 0 Å². The Morgan fingerprint density at radius 2 is 1.79 bits per heavy atom. The van der Waals surface area contributed by atoms with E-state index in [1.807, 2.05) is 61.0 Å². The van der Waals surface area contributed by atoms with Crippen LogP contribution in [0.2, 0.25) is 0 Å². The topological polar surface area (TPSA) is 113 Å². The monoisotopic (exact) mass is 666 g/mol. The molecule has 3 aliphatic rings. The molecular formula is C37H38N4O6S. The summed E-state index contributed by atoms with van der Waals surface area (Å²) in [6.07, 6.45) is 1.69. The second-order valence-corrected chi connectivity index (χ2v) is 13.9. The maximum atomic E-state index is 13.3. The van der Waals surface area contributed by atoms with Gasteiger partial charge in [-0.3, -0.25) is 4.79 Å². The van der Waals surface area contributed by atoms with Gasteiger partial charge in [0.2, 0.25) is 0 Å². The first-order chi connectivity index (χ1) is 23.2. The van der Waals surface area contributed by atoms with E-state index in [-0.39, 0.29) is 38.0 Å². The molecule has 0 spiro atoms. The van der Waals surface area contributed by atoms with Crippen LogP contribution in [0, 0.1) is 13.8 Å². The van der Waals surface area contributed by atoms with Gasteiger partial charge in [0, 0.05) is 36.7 Å². The summed E-state index contributed by atoms with van der Waals surface area (Å²) in [7, 11) is -4.05.